The molecule has 27 heavy (non-hydrogen) atoms. The summed E-state index contributed by atoms with van der Waals surface area (Å²) in [6.07, 6.45) is 1.31. The standard InChI is InChI=1S/C16H15F2N3O4S.Na.H/c1-23-13-5-6-19-12(14(13)24-2)8-26(22)16-20-10-4-3-9(25-15(17)18)7-11(10)21-16;;/h3-7,15H,8H2,1-2H3,(H,20,21);;/i1D3;;. The molecule has 0 amide bonds. The number of ether oxygens (including phenoxy) is 3. The Morgan fingerprint density at radius 2 is 2.15 bits per heavy atom. The number of nitrogens with zero attached hydrogens (tertiary/aromatic N) is 2. The van der Waals surface area contributed by atoms with Gasteiger partial charge in [-0.05, 0) is 12.1 Å². The minimum absolute atomic E-state index is 0. The summed E-state index contributed by atoms with van der Waals surface area (Å²) in [4.78, 5) is 11.1. The Balaban J connectivity index is 0.00000320. The number of aromatic amines is 1. The van der Waals surface area contributed by atoms with Crippen molar-refractivity contribution in [2.45, 2.75) is 17.5 Å². The fourth-order valence-corrected chi connectivity index (χ4v) is 3.33. The first-order valence-corrected chi connectivity index (χ1v) is 8.52. The number of H-pyrrole nitrogens is 1. The van der Waals surface area contributed by atoms with Gasteiger partial charge in [-0.3, -0.25) is 9.97 Å². The van der Waals surface area contributed by atoms with E-state index in [-0.39, 0.29) is 63.4 Å². The minimum atomic E-state index is -2.97. The summed E-state index contributed by atoms with van der Waals surface area (Å²) in [6.45, 7) is -2.97. The van der Waals surface area contributed by atoms with Crippen molar-refractivity contribution >= 4 is 51.8 Å². The van der Waals surface area contributed by atoms with E-state index < -0.39 is 24.8 Å². The summed E-state index contributed by atoms with van der Waals surface area (Å²) in [6, 6.07) is 5.43. The monoisotopic (exact) mass is 410 g/mol. The fraction of sp³-hybridized carbons (Fsp3) is 0.250. The number of methoxy groups -OCH3 is 2. The van der Waals surface area contributed by atoms with Crippen molar-refractivity contribution in [2.24, 2.45) is 0 Å². The molecule has 1 aromatic carbocycles. The first-order valence-electron chi connectivity index (χ1n) is 8.70. The molecule has 7 nitrogen and oxygen atoms in total. The molecule has 2 heterocycles. The maximum atomic E-state index is 12.7. The van der Waals surface area contributed by atoms with Crippen LogP contribution in [-0.2, 0) is 16.9 Å². The average Bonchev–Trinajstić information content (AvgIpc) is 3.03. The van der Waals surface area contributed by atoms with Gasteiger partial charge in [0.05, 0.1) is 29.3 Å². The van der Waals surface area contributed by atoms with Gasteiger partial charge in [-0.25, -0.2) is 0 Å². The Kier molecular flexibility index (Phi) is 6.20. The van der Waals surface area contributed by atoms with Crippen molar-refractivity contribution in [1.29, 1.82) is 0 Å². The quantitative estimate of drug-likeness (QED) is 0.474. The molecule has 0 aliphatic rings. The fourth-order valence-electron chi connectivity index (χ4n) is 2.31. The van der Waals surface area contributed by atoms with Gasteiger partial charge in [0, 0.05) is 29.5 Å². The third-order valence-corrected chi connectivity index (χ3v) is 4.56. The number of rotatable bonds is 7. The van der Waals surface area contributed by atoms with Crippen LogP contribution in [-0.4, -0.2) is 69.8 Å². The van der Waals surface area contributed by atoms with E-state index in [4.69, 9.17) is 13.6 Å². The first kappa shape index (κ1) is 17.5. The molecule has 3 rings (SSSR count). The van der Waals surface area contributed by atoms with Gasteiger partial charge >= 0.3 is 41.3 Å². The van der Waals surface area contributed by atoms with Crippen LogP contribution in [0.4, 0.5) is 8.78 Å². The zero-order valence-corrected chi connectivity index (χ0v) is 14.2. The number of hydrogen-bond donors (Lipinski definition) is 1. The van der Waals surface area contributed by atoms with Crippen LogP contribution in [0.25, 0.3) is 11.0 Å². The van der Waals surface area contributed by atoms with Crippen molar-refractivity contribution < 1.29 is 31.7 Å². The molecule has 1 unspecified atom stereocenters. The van der Waals surface area contributed by atoms with E-state index in [1.54, 1.807) is 0 Å². The Bertz CT molecular complexity index is 1010. The summed E-state index contributed by atoms with van der Waals surface area (Å²) in [7, 11) is -1.39. The van der Waals surface area contributed by atoms with Crippen molar-refractivity contribution in [3.05, 3.63) is 36.2 Å². The molecule has 1 N–H and O–H groups in total. The first-order chi connectivity index (χ1) is 13.7. The second-order valence-electron chi connectivity index (χ2n) is 4.98. The molecule has 0 saturated heterocycles. The Morgan fingerprint density at radius 3 is 2.85 bits per heavy atom. The van der Waals surface area contributed by atoms with Crippen LogP contribution >= 0.6 is 0 Å². The van der Waals surface area contributed by atoms with Crippen LogP contribution in [0.3, 0.4) is 0 Å². The number of halogens is 2. The van der Waals surface area contributed by atoms with Gasteiger partial charge in [-0.1, -0.05) is 0 Å². The molecular formula is C16H16F2N3NaO4S. The van der Waals surface area contributed by atoms with E-state index in [0.29, 0.717) is 11.0 Å². The molecule has 0 saturated carbocycles. The molecule has 0 spiro atoms. The van der Waals surface area contributed by atoms with E-state index >= 15 is 0 Å². The van der Waals surface area contributed by atoms with E-state index in [2.05, 4.69) is 19.7 Å². The average molecular weight is 410 g/mol. The summed E-state index contributed by atoms with van der Waals surface area (Å²) in [5.41, 5.74) is 0.982. The molecule has 11 heteroatoms. The molecule has 0 bridgehead atoms. The number of imidazole rings is 1. The summed E-state index contributed by atoms with van der Waals surface area (Å²) < 4.78 is 73.4. The van der Waals surface area contributed by atoms with E-state index in [9.17, 15) is 13.3 Å². The van der Waals surface area contributed by atoms with E-state index in [0.717, 1.165) is 0 Å². The number of nitrogens with one attached hydrogen (secondary N) is 1. The van der Waals surface area contributed by atoms with Crippen LogP contribution < -0.4 is 14.2 Å². The number of alkyl halides is 2. The normalized spacial score (nSPS) is 14.0. The van der Waals surface area contributed by atoms with Gasteiger partial charge < -0.3 is 18.8 Å². The van der Waals surface area contributed by atoms with Crippen LogP contribution in [0.15, 0.2) is 35.6 Å². The predicted molar refractivity (Wildman–Crippen MR) is 97.3 cm³/mol. The third-order valence-electron chi connectivity index (χ3n) is 3.40. The van der Waals surface area contributed by atoms with Crippen LogP contribution in [0.5, 0.6) is 17.2 Å². The summed E-state index contributed by atoms with van der Waals surface area (Å²) >= 11 is -1.72. The van der Waals surface area contributed by atoms with Crippen LogP contribution in [0.2, 0.25) is 0 Å². The summed E-state index contributed by atoms with van der Waals surface area (Å²) in [5, 5.41) is 0.0835. The summed E-state index contributed by atoms with van der Waals surface area (Å²) in [5.74, 6) is -0.246. The SMILES string of the molecule is [2H]C([2H])([2H])Oc1ccnc(C[S+]([O-])c2nc3cc(OC(F)F)ccc3[nH]2)c1OC.[NaH]. The van der Waals surface area contributed by atoms with E-state index in [1.165, 1.54) is 37.6 Å². The van der Waals surface area contributed by atoms with Gasteiger partial charge in [0.1, 0.15) is 11.4 Å². The molecular weight excluding hydrogens is 391 g/mol. The molecule has 2 aromatic heterocycles. The van der Waals surface area contributed by atoms with E-state index in [1.807, 2.05) is 0 Å². The molecule has 140 valence electrons. The number of benzene rings is 1. The van der Waals surface area contributed by atoms with Gasteiger partial charge in [-0.2, -0.15) is 13.8 Å². The molecule has 0 aliphatic heterocycles. The zero-order chi connectivity index (χ0) is 21.2. The second-order valence-corrected chi connectivity index (χ2v) is 6.35. The van der Waals surface area contributed by atoms with Crippen molar-refractivity contribution in [3.8, 4) is 17.2 Å². The van der Waals surface area contributed by atoms with Crippen molar-refractivity contribution in [1.82, 2.24) is 15.0 Å². The van der Waals surface area contributed by atoms with Crippen LogP contribution in [0, 0.1) is 0 Å². The molecule has 3 aromatic rings. The molecule has 0 fully saturated rings. The Hall–Kier alpha value is -1.59. The van der Waals surface area contributed by atoms with Gasteiger partial charge in [0.15, 0.2) is 17.3 Å². The number of fused-ring (bicyclic) bond motifs is 1. The molecule has 1 atom stereocenters. The molecule has 0 aliphatic carbocycles. The Morgan fingerprint density at radius 1 is 1.33 bits per heavy atom. The number of pyridine rings is 1. The maximum absolute atomic E-state index is 12.7. The predicted octanol–water partition coefficient (Wildman–Crippen LogP) is 2.24. The second kappa shape index (κ2) is 9.56. The molecule has 0 radical (unpaired) electrons. The van der Waals surface area contributed by atoms with Crippen molar-refractivity contribution in [3.63, 3.8) is 0 Å². The van der Waals surface area contributed by atoms with Gasteiger partial charge in [0.2, 0.25) is 0 Å². The number of hydrogen-bond acceptors (Lipinski definition) is 6. The Labute approximate surface area is 183 Å². The topological polar surface area (TPSA) is 92.3 Å². The van der Waals surface area contributed by atoms with Gasteiger partial charge in [-0.15, -0.1) is 0 Å². The zero-order valence-electron chi connectivity index (χ0n) is 16.4. The van der Waals surface area contributed by atoms with Crippen molar-refractivity contribution in [2.75, 3.05) is 14.1 Å². The van der Waals surface area contributed by atoms with Gasteiger partial charge in [0.25, 0.3) is 0 Å². The van der Waals surface area contributed by atoms with Crippen LogP contribution in [0.1, 0.15) is 9.81 Å². The number of aromatic nitrogens is 3. The third kappa shape index (κ3) is 5.02.